The van der Waals surface area contributed by atoms with E-state index in [0.717, 1.165) is 54.0 Å². The lowest BCUT2D eigenvalue weighted by molar-refractivity contribution is -0.132. The third kappa shape index (κ3) is 3.68. The highest BCUT2D eigenvalue weighted by Crippen LogP contribution is 2.34. The van der Waals surface area contributed by atoms with E-state index < -0.39 is 5.54 Å². The second kappa shape index (κ2) is 8.41. The molecule has 2 aliphatic rings. The van der Waals surface area contributed by atoms with Crippen molar-refractivity contribution in [1.82, 2.24) is 15.1 Å². The summed E-state index contributed by atoms with van der Waals surface area (Å²) in [4.78, 5) is 32.2. The molecule has 3 amide bonds. The lowest BCUT2D eigenvalue weighted by Gasteiger charge is -2.37. The van der Waals surface area contributed by atoms with E-state index in [1.165, 1.54) is 4.90 Å². The van der Waals surface area contributed by atoms with Gasteiger partial charge in [-0.25, -0.2) is 9.69 Å². The highest BCUT2D eigenvalue weighted by molar-refractivity contribution is 6.09. The second-order valence-corrected chi connectivity index (χ2v) is 8.73. The van der Waals surface area contributed by atoms with Gasteiger partial charge in [-0.05, 0) is 35.4 Å². The number of fused-ring (bicyclic) bond motifs is 1. The zero-order valence-corrected chi connectivity index (χ0v) is 19.0. The van der Waals surface area contributed by atoms with Crippen LogP contribution in [-0.4, -0.2) is 61.7 Å². The number of benzene rings is 3. The van der Waals surface area contributed by atoms with E-state index >= 15 is 0 Å². The molecule has 0 bridgehead atoms. The Bertz CT molecular complexity index is 1200. The molecule has 0 saturated carbocycles. The zero-order chi connectivity index (χ0) is 23.0. The SMILES string of the molecule is COc1ccccc1N1CCN(CN2C(=O)N[C@](C)(c3cccc4ccccc34)C2=O)CC1. The summed E-state index contributed by atoms with van der Waals surface area (Å²) in [5, 5.41) is 4.98. The van der Waals surface area contributed by atoms with Gasteiger partial charge in [-0.1, -0.05) is 54.6 Å². The maximum absolute atomic E-state index is 13.5. The van der Waals surface area contributed by atoms with Crippen LogP contribution in [0.1, 0.15) is 12.5 Å². The first-order chi connectivity index (χ1) is 16.0. The third-order valence-electron chi connectivity index (χ3n) is 6.74. The summed E-state index contributed by atoms with van der Waals surface area (Å²) in [6.07, 6.45) is 0. The van der Waals surface area contributed by atoms with Crippen molar-refractivity contribution in [3.63, 3.8) is 0 Å². The van der Waals surface area contributed by atoms with Crippen LogP contribution < -0.4 is 15.0 Å². The number of nitrogens with zero attached hydrogens (tertiary/aromatic N) is 3. The van der Waals surface area contributed by atoms with E-state index in [9.17, 15) is 9.59 Å². The number of urea groups is 1. The molecule has 7 heteroatoms. The van der Waals surface area contributed by atoms with Crippen LogP contribution in [0.3, 0.4) is 0 Å². The zero-order valence-electron chi connectivity index (χ0n) is 19.0. The van der Waals surface area contributed by atoms with Crippen molar-refractivity contribution < 1.29 is 14.3 Å². The number of hydrogen-bond acceptors (Lipinski definition) is 5. The highest BCUT2D eigenvalue weighted by Gasteiger charge is 2.50. The first-order valence-electron chi connectivity index (χ1n) is 11.2. The predicted octanol–water partition coefficient (Wildman–Crippen LogP) is 3.40. The lowest BCUT2D eigenvalue weighted by Crippen LogP contribution is -2.51. The van der Waals surface area contributed by atoms with E-state index in [-0.39, 0.29) is 18.6 Å². The van der Waals surface area contributed by atoms with Gasteiger partial charge in [-0.2, -0.15) is 0 Å². The molecule has 2 fully saturated rings. The van der Waals surface area contributed by atoms with Crippen LogP contribution in [0.15, 0.2) is 66.7 Å². The molecular weight excluding hydrogens is 416 g/mol. The van der Waals surface area contributed by atoms with Crippen molar-refractivity contribution in [1.29, 1.82) is 0 Å². The molecule has 0 aromatic heterocycles. The van der Waals surface area contributed by atoms with Gasteiger partial charge in [0.25, 0.3) is 5.91 Å². The molecule has 0 aliphatic carbocycles. The highest BCUT2D eigenvalue weighted by atomic mass is 16.5. The Hall–Kier alpha value is -3.58. The van der Waals surface area contributed by atoms with Gasteiger partial charge >= 0.3 is 6.03 Å². The van der Waals surface area contributed by atoms with Crippen LogP contribution >= 0.6 is 0 Å². The Kier molecular flexibility index (Phi) is 5.42. The molecule has 2 saturated heterocycles. The number of carbonyl (C=O) groups is 2. The van der Waals surface area contributed by atoms with Gasteiger partial charge in [0.1, 0.15) is 11.3 Å². The molecule has 3 aromatic rings. The van der Waals surface area contributed by atoms with Crippen LogP contribution in [0.5, 0.6) is 5.75 Å². The fraction of sp³-hybridized carbons (Fsp3) is 0.308. The van der Waals surface area contributed by atoms with Gasteiger partial charge in [0.05, 0.1) is 19.5 Å². The topological polar surface area (TPSA) is 65.1 Å². The fourth-order valence-corrected chi connectivity index (χ4v) is 4.89. The summed E-state index contributed by atoms with van der Waals surface area (Å²) in [6.45, 7) is 5.18. The lowest BCUT2D eigenvalue weighted by atomic mass is 9.88. The van der Waals surface area contributed by atoms with E-state index in [4.69, 9.17) is 4.74 Å². The van der Waals surface area contributed by atoms with Gasteiger partial charge in [-0.3, -0.25) is 9.69 Å². The number of imide groups is 1. The normalized spacial score (nSPS) is 21.5. The maximum Gasteiger partial charge on any atom is 0.326 e. The molecule has 0 unspecified atom stereocenters. The average molecular weight is 445 g/mol. The third-order valence-corrected chi connectivity index (χ3v) is 6.74. The van der Waals surface area contributed by atoms with Crippen molar-refractivity contribution in [2.24, 2.45) is 0 Å². The maximum atomic E-state index is 13.5. The molecule has 33 heavy (non-hydrogen) atoms. The molecule has 1 N–H and O–H groups in total. The fourth-order valence-electron chi connectivity index (χ4n) is 4.89. The molecule has 1 atom stereocenters. The standard InChI is InChI=1S/C26H28N4O3/c1-26(21-11-7-9-19-8-3-4-10-20(19)21)24(31)30(25(32)27-26)18-28-14-16-29(17-15-28)22-12-5-6-13-23(22)33-2/h3-13H,14-18H2,1-2H3,(H,27,32)/t26-/m1/s1. The average Bonchev–Trinajstić information content (AvgIpc) is 3.07. The molecule has 7 nitrogen and oxygen atoms in total. The Morgan fingerprint density at radius 1 is 0.909 bits per heavy atom. The van der Waals surface area contributed by atoms with Crippen LogP contribution in [0.4, 0.5) is 10.5 Å². The summed E-state index contributed by atoms with van der Waals surface area (Å²) >= 11 is 0. The number of piperazine rings is 1. The van der Waals surface area contributed by atoms with Crippen molar-refractivity contribution in [3.8, 4) is 5.75 Å². The number of hydrogen-bond donors (Lipinski definition) is 1. The van der Waals surface area contributed by atoms with E-state index in [0.29, 0.717) is 0 Å². The van der Waals surface area contributed by atoms with Crippen molar-refractivity contribution in [2.45, 2.75) is 12.5 Å². The summed E-state index contributed by atoms with van der Waals surface area (Å²) in [5.41, 5.74) is 0.803. The molecule has 3 aromatic carbocycles. The van der Waals surface area contributed by atoms with Gasteiger partial charge < -0.3 is 15.0 Å². The second-order valence-electron chi connectivity index (χ2n) is 8.73. The van der Waals surface area contributed by atoms with E-state index in [2.05, 4.69) is 21.2 Å². The van der Waals surface area contributed by atoms with Crippen LogP contribution in [0.25, 0.3) is 10.8 Å². The van der Waals surface area contributed by atoms with Crippen molar-refractivity contribution >= 4 is 28.4 Å². The minimum absolute atomic E-state index is 0.212. The molecule has 170 valence electrons. The summed E-state index contributed by atoms with van der Waals surface area (Å²) in [7, 11) is 1.68. The Morgan fingerprint density at radius 2 is 1.61 bits per heavy atom. The number of amides is 3. The van der Waals surface area contributed by atoms with Gasteiger partial charge in [0, 0.05) is 26.2 Å². The first kappa shape index (κ1) is 21.3. The van der Waals surface area contributed by atoms with Crippen LogP contribution in [0.2, 0.25) is 0 Å². The molecular formula is C26H28N4O3. The molecule has 0 spiro atoms. The van der Waals surface area contributed by atoms with Crippen LogP contribution in [0, 0.1) is 0 Å². The van der Waals surface area contributed by atoms with E-state index in [1.54, 1.807) is 14.0 Å². The van der Waals surface area contributed by atoms with Gasteiger partial charge in [0.15, 0.2) is 0 Å². The molecule has 2 heterocycles. The monoisotopic (exact) mass is 444 g/mol. The number of nitrogens with one attached hydrogen (secondary N) is 1. The Labute approximate surface area is 193 Å². The van der Waals surface area contributed by atoms with Gasteiger partial charge in [-0.15, -0.1) is 0 Å². The molecule has 2 aliphatic heterocycles. The van der Waals surface area contributed by atoms with Crippen molar-refractivity contribution in [2.75, 3.05) is 44.9 Å². The predicted molar refractivity (Wildman–Crippen MR) is 128 cm³/mol. The number of carbonyl (C=O) groups excluding carboxylic acids is 2. The molecule has 0 radical (unpaired) electrons. The van der Waals surface area contributed by atoms with Crippen molar-refractivity contribution in [3.05, 3.63) is 72.3 Å². The summed E-state index contributed by atoms with van der Waals surface area (Å²) in [5.74, 6) is 0.641. The number of rotatable bonds is 5. The Morgan fingerprint density at radius 3 is 2.39 bits per heavy atom. The number of methoxy groups -OCH3 is 1. The number of para-hydroxylation sites is 2. The van der Waals surface area contributed by atoms with Gasteiger partial charge in [0.2, 0.25) is 0 Å². The minimum Gasteiger partial charge on any atom is -0.495 e. The minimum atomic E-state index is -1.09. The molecule has 5 rings (SSSR count). The largest absolute Gasteiger partial charge is 0.495 e. The number of ether oxygens (including phenoxy) is 1. The van der Waals surface area contributed by atoms with Crippen LogP contribution in [-0.2, 0) is 10.3 Å². The Balaban J connectivity index is 1.30. The smallest absolute Gasteiger partial charge is 0.326 e. The summed E-state index contributed by atoms with van der Waals surface area (Å²) < 4.78 is 5.50. The quantitative estimate of drug-likeness (QED) is 0.611. The van der Waals surface area contributed by atoms with E-state index in [1.807, 2.05) is 60.7 Å². The summed E-state index contributed by atoms with van der Waals surface area (Å²) in [6, 6.07) is 21.5. The first-order valence-corrected chi connectivity index (χ1v) is 11.2. The number of anilines is 1.